The van der Waals surface area contributed by atoms with E-state index in [2.05, 4.69) is 9.88 Å². The third-order valence-corrected chi connectivity index (χ3v) is 6.71. The van der Waals surface area contributed by atoms with E-state index in [1.165, 1.54) is 24.2 Å². The number of pyridine rings is 1. The standard InChI is InChI=1S/C29H29N3O4/c1-2-36-24-10-6-8-20(18-24)27(33)25-26(21-9-7-15-30-19-21)32(29(35)28(25)34)23-13-11-22(12-14-23)31-16-4-3-5-17-31/h6-15,18-19,26,33H,2-5,16-17H2,1H3/b27-25+. The lowest BCUT2D eigenvalue weighted by Crippen LogP contribution is -2.30. The van der Waals surface area contributed by atoms with Gasteiger partial charge in [-0.3, -0.25) is 19.5 Å². The molecule has 2 saturated heterocycles. The molecule has 0 bridgehead atoms. The van der Waals surface area contributed by atoms with E-state index in [1.54, 1.807) is 42.7 Å². The van der Waals surface area contributed by atoms with E-state index in [1.807, 2.05) is 37.3 Å². The average Bonchev–Trinajstić information content (AvgIpc) is 3.20. The van der Waals surface area contributed by atoms with Gasteiger partial charge in [-0.05, 0) is 74.2 Å². The van der Waals surface area contributed by atoms with Crippen molar-refractivity contribution in [1.82, 2.24) is 4.98 Å². The van der Waals surface area contributed by atoms with Crippen molar-refractivity contribution < 1.29 is 19.4 Å². The van der Waals surface area contributed by atoms with Crippen LogP contribution in [-0.2, 0) is 9.59 Å². The molecule has 7 heteroatoms. The van der Waals surface area contributed by atoms with Crippen molar-refractivity contribution in [3.05, 3.63) is 89.8 Å². The fraction of sp³-hybridized carbons (Fsp3) is 0.276. The van der Waals surface area contributed by atoms with Crippen molar-refractivity contribution in [3.8, 4) is 5.75 Å². The van der Waals surface area contributed by atoms with Gasteiger partial charge in [-0.1, -0.05) is 18.2 Å². The molecule has 2 aliphatic rings. The van der Waals surface area contributed by atoms with E-state index in [4.69, 9.17) is 4.74 Å². The number of amides is 1. The van der Waals surface area contributed by atoms with Gasteiger partial charge in [-0.25, -0.2) is 0 Å². The molecule has 5 rings (SSSR count). The molecule has 1 aromatic heterocycles. The number of ether oxygens (including phenoxy) is 1. The van der Waals surface area contributed by atoms with Gasteiger partial charge in [0.25, 0.3) is 11.7 Å². The maximum absolute atomic E-state index is 13.4. The Kier molecular flexibility index (Phi) is 6.71. The molecule has 3 aromatic rings. The number of anilines is 2. The number of carbonyl (C=O) groups is 2. The number of aromatic nitrogens is 1. The summed E-state index contributed by atoms with van der Waals surface area (Å²) in [6.45, 7) is 4.37. The van der Waals surface area contributed by atoms with Crippen molar-refractivity contribution in [1.29, 1.82) is 0 Å². The first-order valence-electron chi connectivity index (χ1n) is 12.4. The van der Waals surface area contributed by atoms with E-state index in [0.29, 0.717) is 29.2 Å². The fourth-order valence-electron chi connectivity index (χ4n) is 4.98. The third kappa shape index (κ3) is 4.44. The minimum Gasteiger partial charge on any atom is -0.507 e. The number of piperidine rings is 1. The Morgan fingerprint density at radius 3 is 2.44 bits per heavy atom. The van der Waals surface area contributed by atoms with Crippen LogP contribution in [0.1, 0.15) is 43.4 Å². The highest BCUT2D eigenvalue weighted by molar-refractivity contribution is 6.51. The van der Waals surface area contributed by atoms with Gasteiger partial charge in [0.1, 0.15) is 11.5 Å². The monoisotopic (exact) mass is 483 g/mol. The van der Waals surface area contributed by atoms with Gasteiger partial charge >= 0.3 is 0 Å². The summed E-state index contributed by atoms with van der Waals surface area (Å²) in [5, 5.41) is 11.3. The SMILES string of the molecule is CCOc1cccc(/C(O)=C2\C(=O)C(=O)N(c3ccc(N4CCCCC4)cc3)C2c2cccnc2)c1. The molecule has 0 aliphatic carbocycles. The zero-order valence-electron chi connectivity index (χ0n) is 20.3. The van der Waals surface area contributed by atoms with Crippen LogP contribution >= 0.6 is 0 Å². The van der Waals surface area contributed by atoms with Gasteiger partial charge in [0.05, 0.1) is 18.2 Å². The highest BCUT2D eigenvalue weighted by Crippen LogP contribution is 2.42. The normalized spacial score (nSPS) is 19.5. The average molecular weight is 484 g/mol. The second-order valence-electron chi connectivity index (χ2n) is 8.98. The molecular formula is C29H29N3O4. The van der Waals surface area contributed by atoms with Gasteiger partial charge in [0.15, 0.2) is 0 Å². The highest BCUT2D eigenvalue weighted by Gasteiger charge is 2.47. The molecule has 1 unspecified atom stereocenters. The van der Waals surface area contributed by atoms with Gasteiger partial charge < -0.3 is 14.7 Å². The molecule has 2 aromatic carbocycles. The minimum absolute atomic E-state index is 0.0294. The van der Waals surface area contributed by atoms with Crippen molar-refractivity contribution in [3.63, 3.8) is 0 Å². The number of hydrogen-bond donors (Lipinski definition) is 1. The van der Waals surface area contributed by atoms with Crippen LogP contribution in [0.5, 0.6) is 5.75 Å². The molecule has 2 fully saturated rings. The van der Waals surface area contributed by atoms with Gasteiger partial charge in [-0.15, -0.1) is 0 Å². The summed E-state index contributed by atoms with van der Waals surface area (Å²) in [4.78, 5) is 34.7. The Morgan fingerprint density at radius 1 is 1.00 bits per heavy atom. The highest BCUT2D eigenvalue weighted by atomic mass is 16.5. The summed E-state index contributed by atoms with van der Waals surface area (Å²) in [7, 11) is 0. The first-order valence-corrected chi connectivity index (χ1v) is 12.4. The maximum Gasteiger partial charge on any atom is 0.300 e. The Balaban J connectivity index is 1.58. The number of rotatable bonds is 6. The molecular weight excluding hydrogens is 454 g/mol. The summed E-state index contributed by atoms with van der Waals surface area (Å²) in [6.07, 6.45) is 6.84. The molecule has 1 N–H and O–H groups in total. The van der Waals surface area contributed by atoms with Crippen molar-refractivity contribution in [2.24, 2.45) is 0 Å². The van der Waals surface area contributed by atoms with Gasteiger partial charge in [0.2, 0.25) is 0 Å². The van der Waals surface area contributed by atoms with Crippen LogP contribution in [0, 0.1) is 0 Å². The Morgan fingerprint density at radius 2 is 1.75 bits per heavy atom. The lowest BCUT2D eigenvalue weighted by Gasteiger charge is -2.30. The van der Waals surface area contributed by atoms with Crippen LogP contribution in [0.15, 0.2) is 78.6 Å². The van der Waals surface area contributed by atoms with Crippen LogP contribution in [-0.4, -0.2) is 41.5 Å². The van der Waals surface area contributed by atoms with Crippen LogP contribution in [0.3, 0.4) is 0 Å². The summed E-state index contributed by atoms with van der Waals surface area (Å²) in [5.74, 6) is -1.08. The number of nitrogens with zero attached hydrogens (tertiary/aromatic N) is 3. The lowest BCUT2D eigenvalue weighted by molar-refractivity contribution is -0.132. The number of ketones is 1. The molecule has 1 amide bonds. The number of Topliss-reactive ketones (excluding diaryl/α,β-unsaturated/α-hetero) is 1. The number of aliphatic hydroxyl groups is 1. The molecule has 2 aliphatic heterocycles. The van der Waals surface area contributed by atoms with E-state index in [-0.39, 0.29) is 11.3 Å². The predicted molar refractivity (Wildman–Crippen MR) is 139 cm³/mol. The van der Waals surface area contributed by atoms with Crippen LogP contribution < -0.4 is 14.5 Å². The number of hydrogen-bond acceptors (Lipinski definition) is 6. The summed E-state index contributed by atoms with van der Waals surface area (Å²) >= 11 is 0. The van der Waals surface area contributed by atoms with Gasteiger partial charge in [0, 0.05) is 42.4 Å². The summed E-state index contributed by atoms with van der Waals surface area (Å²) < 4.78 is 5.56. The number of benzene rings is 2. The van der Waals surface area contributed by atoms with Crippen molar-refractivity contribution in [2.75, 3.05) is 29.5 Å². The zero-order valence-corrected chi connectivity index (χ0v) is 20.3. The van der Waals surface area contributed by atoms with Crippen molar-refractivity contribution >= 4 is 28.8 Å². The van der Waals surface area contributed by atoms with E-state index < -0.39 is 17.7 Å². The molecule has 36 heavy (non-hydrogen) atoms. The summed E-state index contributed by atoms with van der Waals surface area (Å²) in [5.41, 5.74) is 2.77. The van der Waals surface area contributed by atoms with Crippen LogP contribution in [0.25, 0.3) is 5.76 Å². The molecule has 1 atom stereocenters. The minimum atomic E-state index is -0.810. The molecule has 0 radical (unpaired) electrons. The second kappa shape index (κ2) is 10.2. The third-order valence-electron chi connectivity index (χ3n) is 6.71. The predicted octanol–water partition coefficient (Wildman–Crippen LogP) is 5.10. The fourth-order valence-corrected chi connectivity index (χ4v) is 4.98. The Hall–Kier alpha value is -4.13. The van der Waals surface area contributed by atoms with E-state index in [0.717, 1.165) is 18.8 Å². The lowest BCUT2D eigenvalue weighted by atomic mass is 9.96. The van der Waals surface area contributed by atoms with E-state index in [9.17, 15) is 14.7 Å². The Bertz CT molecular complexity index is 1280. The second-order valence-corrected chi connectivity index (χ2v) is 8.98. The van der Waals surface area contributed by atoms with Gasteiger partial charge in [-0.2, -0.15) is 0 Å². The smallest absolute Gasteiger partial charge is 0.300 e. The Labute approximate surface area is 210 Å². The maximum atomic E-state index is 13.4. The van der Waals surface area contributed by atoms with Crippen molar-refractivity contribution in [2.45, 2.75) is 32.2 Å². The largest absolute Gasteiger partial charge is 0.507 e. The number of aliphatic hydroxyl groups excluding tert-OH is 1. The summed E-state index contributed by atoms with van der Waals surface area (Å²) in [6, 6.07) is 17.4. The van der Waals surface area contributed by atoms with E-state index >= 15 is 0 Å². The first kappa shape index (κ1) is 23.6. The quantitative estimate of drug-likeness (QED) is 0.299. The zero-order chi connectivity index (χ0) is 25.1. The van der Waals surface area contributed by atoms with Crippen LogP contribution in [0.4, 0.5) is 11.4 Å². The molecule has 3 heterocycles. The molecule has 184 valence electrons. The first-order chi connectivity index (χ1) is 17.6. The number of carbonyl (C=O) groups excluding carboxylic acids is 2. The molecule has 0 spiro atoms. The molecule has 7 nitrogen and oxygen atoms in total. The molecule has 0 saturated carbocycles. The van der Waals surface area contributed by atoms with Crippen LogP contribution in [0.2, 0.25) is 0 Å². The topological polar surface area (TPSA) is 83.0 Å².